The van der Waals surface area contributed by atoms with Crippen molar-refractivity contribution in [1.29, 1.82) is 0 Å². The molecule has 11 rings (SSSR count). The highest BCUT2D eigenvalue weighted by Crippen LogP contribution is 2.54. The van der Waals surface area contributed by atoms with E-state index in [4.69, 9.17) is 14.7 Å². The number of hydrogen-bond donors (Lipinski definition) is 0. The Morgan fingerprint density at radius 1 is 0.536 bits per heavy atom. The minimum Gasteiger partial charge on any atom is -0.457 e. The Kier molecular flexibility index (Phi) is 5.65. The Morgan fingerprint density at radius 2 is 0.964 bits per heavy atom. The maximum atomic E-state index is 9.41. The van der Waals surface area contributed by atoms with E-state index in [1.807, 2.05) is 84.9 Å². The highest BCUT2D eigenvalue weighted by Gasteiger charge is 2.38. The molecule has 0 saturated carbocycles. The van der Waals surface area contributed by atoms with Crippen molar-refractivity contribution in [2.75, 3.05) is 0 Å². The van der Waals surface area contributed by atoms with Crippen molar-refractivity contribution in [3.8, 4) is 33.8 Å². The summed E-state index contributed by atoms with van der Waals surface area (Å²) in [5.74, 6) is 0.470. The number of rotatable bonds is 2. The van der Waals surface area contributed by atoms with Crippen molar-refractivity contribution < 1.29 is 13.0 Å². The number of aromatic nitrogens is 4. The van der Waals surface area contributed by atoms with Crippen LogP contribution in [0, 0.1) is 0 Å². The van der Waals surface area contributed by atoms with E-state index in [-0.39, 0.29) is 22.6 Å². The molecule has 0 amide bonds. The van der Waals surface area contributed by atoms with Crippen LogP contribution in [-0.2, 0) is 16.2 Å². The molecule has 0 radical (unpaired) electrons. The van der Waals surface area contributed by atoms with Gasteiger partial charge < -0.3 is 4.74 Å². The summed E-state index contributed by atoms with van der Waals surface area (Å²) in [5.41, 5.74) is 7.65. The third-order valence-electron chi connectivity index (χ3n) is 11.4. The van der Waals surface area contributed by atoms with Crippen LogP contribution in [-0.4, -0.2) is 18.8 Å². The normalized spacial score (nSPS) is 16.4. The fraction of sp³-hybridized carbons (Fsp3) is 0.224. The van der Waals surface area contributed by atoms with E-state index in [1.165, 1.54) is 0 Å². The zero-order chi connectivity index (χ0) is 43.5. The molecule has 0 bridgehead atoms. The summed E-state index contributed by atoms with van der Waals surface area (Å²) >= 11 is 3.13. The van der Waals surface area contributed by atoms with Gasteiger partial charge in [0.2, 0.25) is 0 Å². The topological polar surface area (TPSA) is 43.8 Å². The lowest BCUT2D eigenvalue weighted by Crippen LogP contribution is -2.27. The summed E-state index contributed by atoms with van der Waals surface area (Å²) in [6.07, 6.45) is 0. The lowest BCUT2D eigenvalue weighted by Gasteiger charge is -2.38. The summed E-state index contributed by atoms with van der Waals surface area (Å²) in [6.45, 7) is 6.57. The van der Waals surface area contributed by atoms with Gasteiger partial charge in [0.1, 0.15) is 11.5 Å². The molecule has 1 aliphatic heterocycles. The van der Waals surface area contributed by atoms with Crippen LogP contribution in [0.5, 0.6) is 11.5 Å². The van der Waals surface area contributed by atoms with Crippen LogP contribution in [0.2, 0.25) is 0 Å². The summed E-state index contributed by atoms with van der Waals surface area (Å²) in [6, 6.07) is 35.7. The zero-order valence-corrected chi connectivity index (χ0v) is 33.5. The maximum Gasteiger partial charge on any atom is 0.195 e. The molecule has 6 aromatic carbocycles. The molecule has 10 aromatic rings. The second-order valence-electron chi connectivity index (χ2n) is 17.1. The Bertz CT molecular complexity index is 3290. The second-order valence-corrected chi connectivity index (χ2v) is 19.0. The average Bonchev–Trinajstić information content (AvgIpc) is 3.95. The minimum atomic E-state index is -3.05. The molecule has 56 heavy (non-hydrogen) atoms. The van der Waals surface area contributed by atoms with Crippen LogP contribution in [0.4, 0.5) is 0 Å². The van der Waals surface area contributed by atoms with Crippen molar-refractivity contribution in [2.24, 2.45) is 0 Å². The number of ether oxygens (including phenoxy) is 1. The Morgan fingerprint density at radius 3 is 1.39 bits per heavy atom. The molecule has 0 unspecified atom stereocenters. The molecular weight excluding hydrogens is 725 g/mol. The van der Waals surface area contributed by atoms with E-state index in [9.17, 15) is 8.22 Å². The molecule has 0 spiro atoms. The second kappa shape index (κ2) is 11.3. The van der Waals surface area contributed by atoms with Gasteiger partial charge in [-0.15, -0.1) is 0 Å². The van der Waals surface area contributed by atoms with Gasteiger partial charge in [0, 0.05) is 35.9 Å². The van der Waals surface area contributed by atoms with Gasteiger partial charge in [0.25, 0.3) is 0 Å². The minimum absolute atomic E-state index is 0.116. The number of imidazole rings is 2. The molecule has 1 aliphatic rings. The SMILES string of the molecule is [2H]C([2H])([2H])C1(C([2H])([2H])[2H])c2cc(-c3cccc4c3sc3nc5ccccc5n34)c(C(C)(C)C)cc2Oc2cc(C(C)(C)C)c(-c3cccc4c3sc3nc5ccccc5n34)cc21. The van der Waals surface area contributed by atoms with Gasteiger partial charge in [-0.05, 0) is 93.7 Å². The molecule has 0 aliphatic carbocycles. The van der Waals surface area contributed by atoms with Gasteiger partial charge in [0.05, 0.1) is 42.5 Å². The fourth-order valence-corrected chi connectivity index (χ4v) is 11.0. The summed E-state index contributed by atoms with van der Waals surface area (Å²) in [5, 5.41) is 0. The zero-order valence-electron chi connectivity index (χ0n) is 37.9. The van der Waals surface area contributed by atoms with Crippen LogP contribution in [0.15, 0.2) is 109 Å². The first-order valence-electron chi connectivity index (χ1n) is 21.9. The van der Waals surface area contributed by atoms with Crippen molar-refractivity contribution >= 4 is 75.1 Å². The van der Waals surface area contributed by atoms with E-state index in [2.05, 4.69) is 74.6 Å². The van der Waals surface area contributed by atoms with Gasteiger partial charge in [0.15, 0.2) is 9.92 Å². The third kappa shape index (κ3) is 4.71. The molecule has 0 atom stereocenters. The standard InChI is InChI=1S/C49H42N4OS2/c1-47(2,3)31-25-41-33(23-29(31)27-15-13-21-39-43(27)55-45-50-35-17-9-11-19-37(35)52(39)45)49(7,8)34-24-30(32(48(4,5)6)26-42(34)54-41)28-16-14-22-40-44(28)56-46-51-36-18-10-12-20-38(36)53(40)46/h9-26H,1-8H3/i7D3,8D3. The first-order valence-corrected chi connectivity index (χ1v) is 20.5. The van der Waals surface area contributed by atoms with Gasteiger partial charge in [-0.25, -0.2) is 9.97 Å². The van der Waals surface area contributed by atoms with Crippen LogP contribution in [0.3, 0.4) is 0 Å². The molecule has 0 fully saturated rings. The highest BCUT2D eigenvalue weighted by atomic mass is 32.1. The van der Waals surface area contributed by atoms with E-state index in [1.54, 1.807) is 22.7 Å². The Hall–Kier alpha value is -5.50. The van der Waals surface area contributed by atoms with Crippen molar-refractivity contribution in [3.63, 3.8) is 0 Å². The van der Waals surface area contributed by atoms with Crippen molar-refractivity contribution in [2.45, 2.75) is 71.5 Å². The molecule has 0 N–H and O–H groups in total. The number of fused-ring (bicyclic) bond motifs is 12. The quantitative estimate of drug-likeness (QED) is 0.176. The molecule has 0 saturated heterocycles. The maximum absolute atomic E-state index is 9.41. The molecule has 5 heterocycles. The largest absolute Gasteiger partial charge is 0.457 e. The van der Waals surface area contributed by atoms with E-state index < -0.39 is 29.9 Å². The number of para-hydroxylation sites is 4. The Balaban J connectivity index is 1.22. The van der Waals surface area contributed by atoms with Crippen molar-refractivity contribution in [3.05, 3.63) is 131 Å². The van der Waals surface area contributed by atoms with Gasteiger partial charge in [-0.3, -0.25) is 8.80 Å². The average molecular weight is 773 g/mol. The van der Waals surface area contributed by atoms with E-state index >= 15 is 0 Å². The predicted octanol–water partition coefficient (Wildman–Crippen LogP) is 14.1. The first-order chi connectivity index (χ1) is 29.3. The summed E-state index contributed by atoms with van der Waals surface area (Å²) in [4.78, 5) is 11.6. The monoisotopic (exact) mass is 772 g/mol. The smallest absolute Gasteiger partial charge is 0.195 e. The van der Waals surface area contributed by atoms with Crippen LogP contribution < -0.4 is 4.74 Å². The number of hydrogen-bond acceptors (Lipinski definition) is 5. The van der Waals surface area contributed by atoms with Crippen LogP contribution >= 0.6 is 22.7 Å². The van der Waals surface area contributed by atoms with Crippen LogP contribution in [0.25, 0.3) is 74.7 Å². The Labute approximate surface area is 342 Å². The summed E-state index contributed by atoms with van der Waals surface area (Å²) in [7, 11) is 0. The first kappa shape index (κ1) is 28.0. The van der Waals surface area contributed by atoms with E-state index in [0.717, 1.165) is 85.8 Å². The van der Waals surface area contributed by atoms with Gasteiger partial charge in [-0.2, -0.15) is 0 Å². The number of benzene rings is 6. The van der Waals surface area contributed by atoms with Crippen LogP contribution in [0.1, 0.15) is 85.7 Å². The molecular formula is C49H42N4OS2. The molecule has 4 aromatic heterocycles. The summed E-state index contributed by atoms with van der Waals surface area (Å²) < 4.78 is 69.6. The van der Waals surface area contributed by atoms with E-state index in [0.29, 0.717) is 0 Å². The van der Waals surface area contributed by atoms with Gasteiger partial charge in [-0.1, -0.05) is 126 Å². The van der Waals surface area contributed by atoms with Crippen molar-refractivity contribution in [1.82, 2.24) is 18.8 Å². The fourth-order valence-electron chi connectivity index (χ4n) is 8.70. The molecule has 7 heteroatoms. The lowest BCUT2D eigenvalue weighted by atomic mass is 9.70. The molecule has 5 nitrogen and oxygen atoms in total. The number of nitrogens with zero attached hydrogens (tertiary/aromatic N) is 4. The third-order valence-corrected chi connectivity index (χ3v) is 13.6. The number of thiazole rings is 2. The lowest BCUT2D eigenvalue weighted by molar-refractivity contribution is 0.413. The molecule has 276 valence electrons. The van der Waals surface area contributed by atoms with Gasteiger partial charge >= 0.3 is 0 Å². The predicted molar refractivity (Wildman–Crippen MR) is 237 cm³/mol. The highest BCUT2D eigenvalue weighted by molar-refractivity contribution is 7.24.